The van der Waals surface area contributed by atoms with Crippen LogP contribution in [0.2, 0.25) is 0 Å². The van der Waals surface area contributed by atoms with E-state index in [2.05, 4.69) is 33.8 Å². The number of hydrogen-bond acceptors (Lipinski definition) is 4. The van der Waals surface area contributed by atoms with Crippen LogP contribution in [0, 0.1) is 20.8 Å². The number of nitrogens with zero attached hydrogens (tertiary/aromatic N) is 4. The van der Waals surface area contributed by atoms with Gasteiger partial charge in [0.25, 0.3) is 0 Å². The van der Waals surface area contributed by atoms with E-state index in [-0.39, 0.29) is 11.9 Å². The predicted molar refractivity (Wildman–Crippen MR) is 102 cm³/mol. The van der Waals surface area contributed by atoms with Gasteiger partial charge in [0, 0.05) is 42.5 Å². The van der Waals surface area contributed by atoms with Crippen LogP contribution < -0.4 is 0 Å². The smallest absolute Gasteiger partial charge is 0.223 e. The van der Waals surface area contributed by atoms with Crippen molar-refractivity contribution in [3.63, 3.8) is 0 Å². The highest BCUT2D eigenvalue weighted by Crippen LogP contribution is 2.30. The summed E-state index contributed by atoms with van der Waals surface area (Å²) in [5.74, 6) is 1.97. The highest BCUT2D eigenvalue weighted by atomic mass is 16.5. The lowest BCUT2D eigenvalue weighted by Crippen LogP contribution is -2.51. The lowest BCUT2D eigenvalue weighted by molar-refractivity contribution is -0.136. The van der Waals surface area contributed by atoms with E-state index >= 15 is 0 Å². The largest absolute Gasteiger partial charge is 0.361 e. The zero-order valence-electron chi connectivity index (χ0n) is 16.0. The van der Waals surface area contributed by atoms with E-state index < -0.39 is 0 Å². The number of imidazole rings is 1. The van der Waals surface area contributed by atoms with Gasteiger partial charge in [0.2, 0.25) is 5.91 Å². The molecule has 1 aliphatic heterocycles. The van der Waals surface area contributed by atoms with Crippen LogP contribution in [-0.2, 0) is 11.2 Å². The number of aryl methyl sites for hydroxylation is 3. The molecule has 1 aliphatic rings. The first-order valence-corrected chi connectivity index (χ1v) is 9.33. The third-order valence-electron chi connectivity index (χ3n) is 5.36. The van der Waals surface area contributed by atoms with Crippen LogP contribution >= 0.6 is 0 Å². The van der Waals surface area contributed by atoms with Gasteiger partial charge in [-0.1, -0.05) is 35.5 Å². The molecule has 6 nitrogen and oxygen atoms in total. The van der Waals surface area contributed by atoms with Gasteiger partial charge >= 0.3 is 0 Å². The van der Waals surface area contributed by atoms with Crippen LogP contribution in [0.3, 0.4) is 0 Å². The molecule has 2 aromatic heterocycles. The first kappa shape index (κ1) is 17.5. The van der Waals surface area contributed by atoms with Gasteiger partial charge in [0.1, 0.15) is 11.6 Å². The zero-order valence-corrected chi connectivity index (χ0v) is 16.0. The first-order valence-electron chi connectivity index (χ1n) is 9.33. The van der Waals surface area contributed by atoms with Gasteiger partial charge < -0.3 is 14.0 Å². The van der Waals surface area contributed by atoms with E-state index in [1.54, 1.807) is 0 Å². The minimum absolute atomic E-state index is 0.185. The second-order valence-electron chi connectivity index (χ2n) is 7.21. The maximum Gasteiger partial charge on any atom is 0.223 e. The number of benzene rings is 1. The van der Waals surface area contributed by atoms with E-state index in [0.717, 1.165) is 47.2 Å². The molecule has 0 spiro atoms. The second kappa shape index (κ2) is 7.02. The molecular formula is C21H24N4O2. The van der Waals surface area contributed by atoms with Crippen LogP contribution in [0.25, 0.3) is 11.4 Å². The molecule has 27 heavy (non-hydrogen) atoms. The third-order valence-corrected chi connectivity index (χ3v) is 5.36. The summed E-state index contributed by atoms with van der Waals surface area (Å²) in [4.78, 5) is 19.1. The monoisotopic (exact) mass is 364 g/mol. The fourth-order valence-corrected chi connectivity index (χ4v) is 3.78. The van der Waals surface area contributed by atoms with Crippen LogP contribution in [0.5, 0.6) is 0 Å². The molecule has 1 fully saturated rings. The maximum absolute atomic E-state index is 12.5. The molecule has 1 aromatic carbocycles. The van der Waals surface area contributed by atoms with Crippen molar-refractivity contribution >= 4 is 5.91 Å². The fraction of sp³-hybridized carbons (Fsp3) is 0.381. The molecule has 3 heterocycles. The topological polar surface area (TPSA) is 64.2 Å². The van der Waals surface area contributed by atoms with Gasteiger partial charge in [-0.15, -0.1) is 0 Å². The molecule has 0 aliphatic carbocycles. The number of amides is 1. The minimum atomic E-state index is 0.185. The first-order chi connectivity index (χ1) is 13.0. The highest BCUT2D eigenvalue weighted by Gasteiger charge is 2.33. The van der Waals surface area contributed by atoms with E-state index in [4.69, 9.17) is 4.52 Å². The Morgan fingerprint density at radius 1 is 1.19 bits per heavy atom. The van der Waals surface area contributed by atoms with Crippen LogP contribution in [0.15, 0.2) is 41.1 Å². The number of rotatable bonds is 5. The van der Waals surface area contributed by atoms with Crippen molar-refractivity contribution in [2.24, 2.45) is 0 Å². The van der Waals surface area contributed by atoms with E-state index in [1.807, 2.05) is 43.1 Å². The molecule has 0 unspecified atom stereocenters. The van der Waals surface area contributed by atoms with E-state index in [1.165, 1.54) is 0 Å². The molecule has 6 heteroatoms. The molecule has 0 bridgehead atoms. The molecule has 4 rings (SSSR count). The Morgan fingerprint density at radius 2 is 1.93 bits per heavy atom. The summed E-state index contributed by atoms with van der Waals surface area (Å²) in [7, 11) is 0. The number of likely N-dealkylation sites (tertiary alicyclic amines) is 1. The summed E-state index contributed by atoms with van der Waals surface area (Å²) in [5.41, 5.74) is 4.16. The number of carbonyl (C=O) groups excluding carboxylic acids is 1. The molecule has 0 saturated carbocycles. The van der Waals surface area contributed by atoms with Crippen LogP contribution in [0.1, 0.15) is 35.2 Å². The highest BCUT2D eigenvalue weighted by molar-refractivity contribution is 5.77. The van der Waals surface area contributed by atoms with Crippen molar-refractivity contribution in [2.45, 2.75) is 39.7 Å². The Bertz CT molecular complexity index is 932. The molecule has 3 aromatic rings. The Balaban J connectivity index is 1.40. The summed E-state index contributed by atoms with van der Waals surface area (Å²) < 4.78 is 7.43. The van der Waals surface area contributed by atoms with Crippen molar-refractivity contribution in [1.82, 2.24) is 19.6 Å². The van der Waals surface area contributed by atoms with Gasteiger partial charge in [-0.25, -0.2) is 4.98 Å². The molecule has 1 saturated heterocycles. The lowest BCUT2D eigenvalue weighted by Gasteiger charge is -2.41. The van der Waals surface area contributed by atoms with Crippen molar-refractivity contribution < 1.29 is 9.32 Å². The van der Waals surface area contributed by atoms with E-state index in [0.29, 0.717) is 12.8 Å². The van der Waals surface area contributed by atoms with Crippen molar-refractivity contribution in [2.75, 3.05) is 13.1 Å². The van der Waals surface area contributed by atoms with Gasteiger partial charge in [-0.2, -0.15) is 0 Å². The quantitative estimate of drug-likeness (QED) is 0.695. The minimum Gasteiger partial charge on any atom is -0.361 e. The van der Waals surface area contributed by atoms with E-state index in [9.17, 15) is 4.79 Å². The average molecular weight is 364 g/mol. The van der Waals surface area contributed by atoms with Gasteiger partial charge in [-0.3, -0.25) is 4.79 Å². The Hall–Kier alpha value is -2.89. The molecule has 0 radical (unpaired) electrons. The number of aromatic nitrogens is 3. The second-order valence-corrected chi connectivity index (χ2v) is 7.21. The van der Waals surface area contributed by atoms with Crippen LogP contribution in [-0.4, -0.2) is 38.6 Å². The molecular weight excluding hydrogens is 340 g/mol. The van der Waals surface area contributed by atoms with Crippen molar-refractivity contribution in [3.8, 4) is 11.4 Å². The fourth-order valence-electron chi connectivity index (χ4n) is 3.78. The summed E-state index contributed by atoms with van der Waals surface area (Å²) in [6.07, 6.45) is 3.08. The number of hydrogen-bond donors (Lipinski definition) is 0. The van der Waals surface area contributed by atoms with Crippen molar-refractivity contribution in [1.29, 1.82) is 0 Å². The Kier molecular flexibility index (Phi) is 4.56. The van der Waals surface area contributed by atoms with Gasteiger partial charge in [-0.05, 0) is 27.2 Å². The predicted octanol–water partition coefficient (Wildman–Crippen LogP) is 3.48. The van der Waals surface area contributed by atoms with Gasteiger partial charge in [0.15, 0.2) is 0 Å². The SMILES string of the molecule is Cc1noc(C)c1CCC(=O)N1CC(n2c(C)cnc2-c2ccccc2)C1. The normalized spacial score (nSPS) is 14.4. The number of carbonyl (C=O) groups is 1. The molecule has 1 amide bonds. The van der Waals surface area contributed by atoms with Crippen molar-refractivity contribution in [3.05, 3.63) is 59.2 Å². The zero-order chi connectivity index (χ0) is 19.0. The summed E-state index contributed by atoms with van der Waals surface area (Å²) in [5, 5.41) is 3.96. The molecule has 140 valence electrons. The average Bonchev–Trinajstić information content (AvgIpc) is 3.16. The lowest BCUT2D eigenvalue weighted by atomic mass is 10.0. The third kappa shape index (κ3) is 3.27. The van der Waals surface area contributed by atoms with Crippen LogP contribution in [0.4, 0.5) is 0 Å². The van der Waals surface area contributed by atoms with Gasteiger partial charge in [0.05, 0.1) is 11.7 Å². The Labute approximate surface area is 158 Å². The maximum atomic E-state index is 12.5. The standard InChI is InChI=1S/C21H24N4O2/c1-14-11-22-21(17-7-5-4-6-8-17)25(14)18-12-24(13-18)20(26)10-9-19-15(2)23-27-16(19)3/h4-8,11,18H,9-10,12-13H2,1-3H3. The summed E-state index contributed by atoms with van der Waals surface area (Å²) >= 11 is 0. The summed E-state index contributed by atoms with van der Waals surface area (Å²) in [6.45, 7) is 7.35. The Morgan fingerprint density at radius 3 is 2.59 bits per heavy atom. The molecule has 0 atom stereocenters. The molecule has 0 N–H and O–H groups in total. The summed E-state index contributed by atoms with van der Waals surface area (Å²) in [6, 6.07) is 10.5.